The molecule has 0 unspecified atom stereocenters. The molecular formula is C21H20N2O2. The number of nitro benzene ring substituents is 1. The number of aryl methyl sites for hydroxylation is 2. The number of non-ortho nitro benzene ring substituents is 1. The van der Waals surface area contributed by atoms with Crippen LogP contribution < -0.4 is 4.90 Å². The molecule has 2 aliphatic carbocycles. The Bertz CT molecular complexity index is 959. The molecule has 3 aliphatic rings. The standard InChI is InChI=1S/C21H20N2O2/c1-22-9-8-15-11-20-14(12-21(15)22)3-6-19(20)18-5-2-13-10-16(23(24)25)4-7-17(13)18/h4,7,10-12H,2-3,5-6,8-9H2,1H3/b19-18+. The number of rotatable bonds is 1. The molecule has 4 heteroatoms. The van der Waals surface area contributed by atoms with Crippen LogP contribution in [-0.4, -0.2) is 18.5 Å². The zero-order valence-electron chi connectivity index (χ0n) is 14.3. The van der Waals surface area contributed by atoms with Crippen molar-refractivity contribution < 1.29 is 4.92 Å². The number of nitrogens with zero attached hydrogens (tertiary/aromatic N) is 2. The Morgan fingerprint density at radius 3 is 2.36 bits per heavy atom. The summed E-state index contributed by atoms with van der Waals surface area (Å²) in [6.07, 6.45) is 5.25. The number of anilines is 1. The molecule has 0 saturated carbocycles. The second kappa shape index (κ2) is 5.19. The van der Waals surface area contributed by atoms with E-state index in [-0.39, 0.29) is 10.6 Å². The van der Waals surface area contributed by atoms with Crippen LogP contribution in [0.3, 0.4) is 0 Å². The van der Waals surface area contributed by atoms with Crippen molar-refractivity contribution in [2.24, 2.45) is 0 Å². The first-order chi connectivity index (χ1) is 12.1. The number of hydrogen-bond acceptors (Lipinski definition) is 3. The molecule has 4 nitrogen and oxygen atoms in total. The Morgan fingerprint density at radius 2 is 1.60 bits per heavy atom. The molecule has 0 spiro atoms. The van der Waals surface area contributed by atoms with Gasteiger partial charge >= 0.3 is 0 Å². The average molecular weight is 332 g/mol. The van der Waals surface area contributed by atoms with E-state index < -0.39 is 0 Å². The summed E-state index contributed by atoms with van der Waals surface area (Å²) in [5.41, 5.74) is 11.2. The van der Waals surface area contributed by atoms with Crippen molar-refractivity contribution in [2.75, 3.05) is 18.5 Å². The third-order valence-electron chi connectivity index (χ3n) is 6.04. The molecule has 2 aromatic carbocycles. The number of benzene rings is 2. The molecule has 2 aromatic rings. The number of fused-ring (bicyclic) bond motifs is 3. The lowest BCUT2D eigenvalue weighted by atomic mass is 9.95. The fourth-order valence-corrected chi connectivity index (χ4v) is 4.74. The lowest BCUT2D eigenvalue weighted by Gasteiger charge is -2.14. The van der Waals surface area contributed by atoms with Crippen molar-refractivity contribution >= 4 is 22.5 Å². The van der Waals surface area contributed by atoms with Crippen LogP contribution in [0.4, 0.5) is 11.4 Å². The van der Waals surface area contributed by atoms with Crippen LogP contribution in [0, 0.1) is 10.1 Å². The van der Waals surface area contributed by atoms with E-state index in [9.17, 15) is 10.1 Å². The van der Waals surface area contributed by atoms with Gasteiger partial charge in [0.25, 0.3) is 5.69 Å². The minimum Gasteiger partial charge on any atom is -0.374 e. The van der Waals surface area contributed by atoms with Crippen LogP contribution in [0.15, 0.2) is 30.3 Å². The molecule has 0 bridgehead atoms. The Kier molecular flexibility index (Phi) is 3.05. The van der Waals surface area contributed by atoms with Crippen LogP contribution in [0.1, 0.15) is 40.7 Å². The van der Waals surface area contributed by atoms with Gasteiger partial charge in [-0.05, 0) is 89.3 Å². The van der Waals surface area contributed by atoms with E-state index in [2.05, 4.69) is 24.1 Å². The first kappa shape index (κ1) is 14.7. The maximum atomic E-state index is 11.0. The molecule has 0 radical (unpaired) electrons. The van der Waals surface area contributed by atoms with Crippen LogP contribution in [0.2, 0.25) is 0 Å². The summed E-state index contributed by atoms with van der Waals surface area (Å²) >= 11 is 0. The molecule has 0 fully saturated rings. The minimum absolute atomic E-state index is 0.206. The minimum atomic E-state index is -0.296. The van der Waals surface area contributed by atoms with Gasteiger partial charge in [-0.25, -0.2) is 0 Å². The number of nitro groups is 1. The van der Waals surface area contributed by atoms with Crippen molar-refractivity contribution in [3.63, 3.8) is 0 Å². The van der Waals surface area contributed by atoms with Gasteiger partial charge in [-0.2, -0.15) is 0 Å². The highest BCUT2D eigenvalue weighted by molar-refractivity contribution is 5.96. The second-order valence-corrected chi connectivity index (χ2v) is 7.37. The van der Waals surface area contributed by atoms with E-state index in [4.69, 9.17) is 0 Å². The Hall–Kier alpha value is -2.62. The van der Waals surface area contributed by atoms with Gasteiger partial charge in [0.15, 0.2) is 0 Å². The van der Waals surface area contributed by atoms with Gasteiger partial charge in [-0.15, -0.1) is 0 Å². The molecular weight excluding hydrogens is 312 g/mol. The first-order valence-corrected chi connectivity index (χ1v) is 8.99. The van der Waals surface area contributed by atoms with Gasteiger partial charge in [0.2, 0.25) is 0 Å². The Labute approximate surface area is 146 Å². The lowest BCUT2D eigenvalue weighted by Crippen LogP contribution is -2.12. The zero-order chi connectivity index (χ0) is 17.1. The van der Waals surface area contributed by atoms with E-state index in [1.807, 2.05) is 6.07 Å². The summed E-state index contributed by atoms with van der Waals surface area (Å²) in [5, 5.41) is 11.0. The molecule has 25 heavy (non-hydrogen) atoms. The summed E-state index contributed by atoms with van der Waals surface area (Å²) in [6.45, 7) is 1.11. The molecule has 0 atom stereocenters. The largest absolute Gasteiger partial charge is 0.374 e. The van der Waals surface area contributed by atoms with E-state index in [0.717, 1.165) is 44.2 Å². The molecule has 1 aliphatic heterocycles. The summed E-state index contributed by atoms with van der Waals surface area (Å²) < 4.78 is 0. The van der Waals surface area contributed by atoms with Gasteiger partial charge in [0.05, 0.1) is 4.92 Å². The molecule has 0 aromatic heterocycles. The van der Waals surface area contributed by atoms with Gasteiger partial charge in [0, 0.05) is 31.4 Å². The van der Waals surface area contributed by atoms with Crippen molar-refractivity contribution in [1.82, 2.24) is 0 Å². The summed E-state index contributed by atoms with van der Waals surface area (Å²) in [6, 6.07) is 10.2. The maximum absolute atomic E-state index is 11.0. The van der Waals surface area contributed by atoms with Crippen molar-refractivity contribution in [3.05, 3.63) is 68.3 Å². The van der Waals surface area contributed by atoms with Crippen molar-refractivity contribution in [2.45, 2.75) is 32.1 Å². The lowest BCUT2D eigenvalue weighted by molar-refractivity contribution is -0.384. The normalized spacial score (nSPS) is 20.6. The van der Waals surface area contributed by atoms with Crippen LogP contribution in [0.5, 0.6) is 0 Å². The predicted octanol–water partition coefficient (Wildman–Crippen LogP) is 4.39. The van der Waals surface area contributed by atoms with E-state index in [1.54, 1.807) is 12.1 Å². The van der Waals surface area contributed by atoms with Gasteiger partial charge in [-0.3, -0.25) is 10.1 Å². The Balaban J connectivity index is 1.63. The summed E-state index contributed by atoms with van der Waals surface area (Å²) in [4.78, 5) is 13.1. The van der Waals surface area contributed by atoms with Crippen LogP contribution >= 0.6 is 0 Å². The topological polar surface area (TPSA) is 46.4 Å². The number of likely N-dealkylation sites (N-methyl/N-ethyl adjacent to an activating group) is 1. The molecule has 0 N–H and O–H groups in total. The quantitative estimate of drug-likeness (QED) is 0.575. The average Bonchev–Trinajstić information content (AvgIpc) is 3.29. The van der Waals surface area contributed by atoms with E-state index in [1.165, 1.54) is 39.1 Å². The molecule has 0 saturated heterocycles. The highest BCUT2D eigenvalue weighted by Crippen LogP contribution is 2.46. The third-order valence-corrected chi connectivity index (χ3v) is 6.04. The first-order valence-electron chi connectivity index (χ1n) is 8.99. The molecule has 5 rings (SSSR count). The maximum Gasteiger partial charge on any atom is 0.269 e. The van der Waals surface area contributed by atoms with Gasteiger partial charge < -0.3 is 4.90 Å². The summed E-state index contributed by atoms with van der Waals surface area (Å²) in [5.74, 6) is 0. The predicted molar refractivity (Wildman–Crippen MR) is 100.0 cm³/mol. The zero-order valence-corrected chi connectivity index (χ0v) is 14.3. The van der Waals surface area contributed by atoms with Crippen molar-refractivity contribution in [1.29, 1.82) is 0 Å². The number of hydrogen-bond donors (Lipinski definition) is 0. The monoisotopic (exact) mass is 332 g/mol. The molecule has 1 heterocycles. The highest BCUT2D eigenvalue weighted by atomic mass is 16.6. The Morgan fingerprint density at radius 1 is 0.880 bits per heavy atom. The summed E-state index contributed by atoms with van der Waals surface area (Å²) in [7, 11) is 2.17. The van der Waals surface area contributed by atoms with Crippen molar-refractivity contribution in [3.8, 4) is 0 Å². The SMILES string of the molecule is CN1CCc2cc3c(cc21)CC/C3=C1/CCc2cc([N+](=O)[O-])ccc21. The fourth-order valence-electron chi connectivity index (χ4n) is 4.74. The van der Waals surface area contributed by atoms with Crippen LogP contribution in [0.25, 0.3) is 11.1 Å². The smallest absolute Gasteiger partial charge is 0.269 e. The van der Waals surface area contributed by atoms with Gasteiger partial charge in [-0.1, -0.05) is 0 Å². The van der Waals surface area contributed by atoms with Crippen LogP contribution in [-0.2, 0) is 19.3 Å². The third kappa shape index (κ3) is 2.13. The second-order valence-electron chi connectivity index (χ2n) is 7.37. The number of allylic oxidation sites excluding steroid dienone is 2. The van der Waals surface area contributed by atoms with E-state index >= 15 is 0 Å². The fraction of sp³-hybridized carbons (Fsp3) is 0.333. The van der Waals surface area contributed by atoms with E-state index in [0.29, 0.717) is 0 Å². The highest BCUT2D eigenvalue weighted by Gasteiger charge is 2.28. The molecule has 0 amide bonds. The van der Waals surface area contributed by atoms with Gasteiger partial charge in [0.1, 0.15) is 0 Å². The molecule has 126 valence electrons.